The van der Waals surface area contributed by atoms with Crippen LogP contribution in [0.5, 0.6) is 0 Å². The molecule has 2 atom stereocenters. The largest absolute Gasteiger partial charge is 1.00 e. The molecule has 0 N–H and O–H groups in total. The van der Waals surface area contributed by atoms with Crippen LogP contribution in [0.2, 0.25) is 0 Å². The number of hydrogen-bond acceptors (Lipinski definition) is 4. The third-order valence-corrected chi connectivity index (χ3v) is 3.96. The van der Waals surface area contributed by atoms with Crippen molar-refractivity contribution in [3.8, 4) is 0 Å². The van der Waals surface area contributed by atoms with Crippen LogP contribution in [0.15, 0.2) is 0 Å². The van der Waals surface area contributed by atoms with Crippen molar-refractivity contribution in [2.75, 3.05) is 0 Å². The minimum Gasteiger partial charge on any atom is -0.550 e. The van der Waals surface area contributed by atoms with Crippen LogP contribution in [0, 0.1) is 16.7 Å². The Morgan fingerprint density at radius 1 is 1.12 bits per heavy atom. The zero-order valence-corrected chi connectivity index (χ0v) is 14.6. The van der Waals surface area contributed by atoms with Gasteiger partial charge < -0.3 is 19.8 Å². The molecule has 0 aromatic heterocycles. The average Bonchev–Trinajstić information content (AvgIpc) is 2.24. The standard InChI is InChI=1S/C10H16O4.2Na/c1-9(2)6(7(11)12)4-5-10(9,3)8(13)14;;/h6H,4-5H2,1-3H3,(H,11,12)(H,13,14);;/q;2*+1/p-2/t6-,10+;;/m0../s1. The topological polar surface area (TPSA) is 80.3 Å². The molecule has 1 aliphatic carbocycles. The van der Waals surface area contributed by atoms with E-state index in [4.69, 9.17) is 0 Å². The third-order valence-electron chi connectivity index (χ3n) is 3.96. The second kappa shape index (κ2) is 6.21. The van der Waals surface area contributed by atoms with Crippen LogP contribution in [0.1, 0.15) is 33.6 Å². The maximum Gasteiger partial charge on any atom is 1.00 e. The van der Waals surface area contributed by atoms with Crippen LogP contribution in [0.3, 0.4) is 0 Å². The van der Waals surface area contributed by atoms with E-state index in [1.165, 1.54) is 0 Å². The van der Waals surface area contributed by atoms with Crippen molar-refractivity contribution in [1.82, 2.24) is 0 Å². The predicted molar refractivity (Wildman–Crippen MR) is 44.6 cm³/mol. The zero-order chi connectivity index (χ0) is 11.1. The fraction of sp³-hybridized carbons (Fsp3) is 0.800. The minimum absolute atomic E-state index is 0. The summed E-state index contributed by atoms with van der Waals surface area (Å²) in [6, 6.07) is 0. The van der Waals surface area contributed by atoms with Crippen LogP contribution >= 0.6 is 0 Å². The van der Waals surface area contributed by atoms with Crippen molar-refractivity contribution in [3.63, 3.8) is 0 Å². The number of carbonyl (C=O) groups is 2. The molecule has 1 fully saturated rings. The number of rotatable bonds is 2. The Hall–Kier alpha value is 0.940. The van der Waals surface area contributed by atoms with Crippen molar-refractivity contribution in [2.24, 2.45) is 16.7 Å². The van der Waals surface area contributed by atoms with Gasteiger partial charge in [0.1, 0.15) is 0 Å². The van der Waals surface area contributed by atoms with Crippen LogP contribution in [0.4, 0.5) is 0 Å². The first-order valence-electron chi connectivity index (χ1n) is 4.66. The Morgan fingerprint density at radius 3 is 1.75 bits per heavy atom. The molecule has 0 radical (unpaired) electrons. The van der Waals surface area contributed by atoms with Gasteiger partial charge in [0.2, 0.25) is 0 Å². The molecule has 0 aromatic rings. The summed E-state index contributed by atoms with van der Waals surface area (Å²) in [4.78, 5) is 21.8. The van der Waals surface area contributed by atoms with E-state index in [9.17, 15) is 19.8 Å². The third kappa shape index (κ3) is 2.85. The molecule has 1 rings (SSSR count). The second-order valence-electron chi connectivity index (χ2n) is 4.75. The first-order chi connectivity index (χ1) is 6.23. The van der Waals surface area contributed by atoms with Crippen molar-refractivity contribution in [1.29, 1.82) is 0 Å². The molecule has 0 amide bonds. The van der Waals surface area contributed by atoms with Gasteiger partial charge in [0.25, 0.3) is 0 Å². The molecule has 6 heteroatoms. The van der Waals surface area contributed by atoms with Crippen molar-refractivity contribution in [3.05, 3.63) is 0 Å². The molecule has 0 aromatic carbocycles. The average molecular weight is 244 g/mol. The van der Waals surface area contributed by atoms with E-state index in [1.807, 2.05) is 0 Å². The summed E-state index contributed by atoms with van der Waals surface area (Å²) in [5.41, 5.74) is -1.89. The van der Waals surface area contributed by atoms with E-state index in [0.29, 0.717) is 12.8 Å². The summed E-state index contributed by atoms with van der Waals surface area (Å²) in [6.45, 7) is 4.85. The summed E-state index contributed by atoms with van der Waals surface area (Å²) in [7, 11) is 0. The van der Waals surface area contributed by atoms with Gasteiger partial charge in [-0.25, -0.2) is 0 Å². The van der Waals surface area contributed by atoms with Crippen molar-refractivity contribution < 1.29 is 78.9 Å². The Balaban J connectivity index is 0. The van der Waals surface area contributed by atoms with E-state index in [0.717, 1.165) is 0 Å². The second-order valence-corrected chi connectivity index (χ2v) is 4.75. The summed E-state index contributed by atoms with van der Waals surface area (Å²) in [5.74, 6) is -3.04. The van der Waals surface area contributed by atoms with Gasteiger partial charge in [0, 0.05) is 23.3 Å². The van der Waals surface area contributed by atoms with Crippen molar-refractivity contribution in [2.45, 2.75) is 33.6 Å². The summed E-state index contributed by atoms with van der Waals surface area (Å²) >= 11 is 0. The Kier molecular flexibility index (Phi) is 7.48. The maximum atomic E-state index is 11.0. The van der Waals surface area contributed by atoms with Crippen LogP contribution in [-0.2, 0) is 9.59 Å². The van der Waals surface area contributed by atoms with Gasteiger partial charge in [0.05, 0.1) is 0 Å². The SMILES string of the molecule is CC1(C)[C@H](C(=O)[O-])CC[C@]1(C)C(=O)[O-].[Na+].[Na+]. The van der Waals surface area contributed by atoms with Crippen LogP contribution in [-0.4, -0.2) is 11.9 Å². The fourth-order valence-electron chi connectivity index (χ4n) is 2.28. The quantitative estimate of drug-likeness (QED) is 0.452. The van der Waals surface area contributed by atoms with Gasteiger partial charge in [-0.05, 0) is 18.3 Å². The smallest absolute Gasteiger partial charge is 0.550 e. The van der Waals surface area contributed by atoms with Gasteiger partial charge >= 0.3 is 59.1 Å². The molecule has 4 nitrogen and oxygen atoms in total. The number of hydrogen-bond donors (Lipinski definition) is 0. The van der Waals surface area contributed by atoms with Crippen LogP contribution < -0.4 is 69.3 Å². The Labute approximate surface area is 140 Å². The molecule has 1 saturated carbocycles. The van der Waals surface area contributed by atoms with Gasteiger partial charge in [-0.2, -0.15) is 0 Å². The Bertz CT molecular complexity index is 291. The number of carboxylic acid groups (broad SMARTS) is 2. The summed E-state index contributed by atoms with van der Waals surface area (Å²) in [5, 5.41) is 21.8. The molecule has 0 bridgehead atoms. The van der Waals surface area contributed by atoms with Gasteiger partial charge in [-0.1, -0.05) is 20.8 Å². The number of carboxylic acids is 2. The molecule has 0 aliphatic heterocycles. The van der Waals surface area contributed by atoms with E-state index < -0.39 is 28.7 Å². The molecular formula is C10H14Na2O4. The monoisotopic (exact) mass is 244 g/mol. The summed E-state index contributed by atoms with van der Waals surface area (Å²) in [6.07, 6.45) is 0.681. The van der Waals surface area contributed by atoms with Gasteiger partial charge in [-0.3, -0.25) is 0 Å². The van der Waals surface area contributed by atoms with E-state index in [1.54, 1.807) is 20.8 Å². The maximum absolute atomic E-state index is 11.0. The zero-order valence-electron chi connectivity index (χ0n) is 10.6. The van der Waals surface area contributed by atoms with E-state index in [2.05, 4.69) is 0 Å². The minimum atomic E-state index is -1.17. The molecule has 0 saturated heterocycles. The molecule has 0 unspecified atom stereocenters. The normalized spacial score (nSPS) is 31.1. The summed E-state index contributed by atoms with van der Waals surface area (Å²) < 4.78 is 0. The van der Waals surface area contributed by atoms with E-state index >= 15 is 0 Å². The van der Waals surface area contributed by atoms with Crippen LogP contribution in [0.25, 0.3) is 0 Å². The van der Waals surface area contributed by atoms with Gasteiger partial charge in [0.15, 0.2) is 0 Å². The Morgan fingerprint density at radius 2 is 1.56 bits per heavy atom. The van der Waals surface area contributed by atoms with Crippen molar-refractivity contribution >= 4 is 11.9 Å². The fourth-order valence-corrected chi connectivity index (χ4v) is 2.28. The molecule has 1 aliphatic rings. The first-order valence-corrected chi connectivity index (χ1v) is 4.66. The number of aliphatic carboxylic acids is 2. The molecule has 0 spiro atoms. The molecule has 0 heterocycles. The predicted octanol–water partition coefficient (Wildman–Crippen LogP) is -7.06. The van der Waals surface area contributed by atoms with Gasteiger partial charge in [-0.15, -0.1) is 0 Å². The molecule has 80 valence electrons. The molecular weight excluding hydrogens is 230 g/mol. The number of carbonyl (C=O) groups excluding carboxylic acids is 2. The molecule has 16 heavy (non-hydrogen) atoms. The first kappa shape index (κ1) is 19.3. The van der Waals surface area contributed by atoms with E-state index in [-0.39, 0.29) is 59.1 Å².